The molecule has 0 atom stereocenters. The molecule has 0 bridgehead atoms. The van der Waals surface area contributed by atoms with E-state index in [1.807, 2.05) is 6.07 Å². The van der Waals surface area contributed by atoms with Gasteiger partial charge in [0.1, 0.15) is 23.1 Å². The fourth-order valence-electron chi connectivity index (χ4n) is 3.14. The van der Waals surface area contributed by atoms with E-state index < -0.39 is 10.0 Å². The minimum Gasteiger partial charge on any atom is -0.456 e. The van der Waals surface area contributed by atoms with E-state index in [0.29, 0.717) is 18.2 Å². The molecule has 0 spiro atoms. The van der Waals surface area contributed by atoms with Gasteiger partial charge in [-0.15, -0.1) is 0 Å². The molecular weight excluding hydrogens is 462 g/mol. The van der Waals surface area contributed by atoms with Gasteiger partial charge in [0.05, 0.1) is 21.2 Å². The van der Waals surface area contributed by atoms with Crippen LogP contribution in [-0.2, 0) is 10.0 Å². The number of para-hydroxylation sites is 1. The summed E-state index contributed by atoms with van der Waals surface area (Å²) < 4.78 is 34.0. The average Bonchev–Trinajstić information content (AvgIpc) is 3.63. The number of rotatable bonds is 8. The first kappa shape index (κ1) is 22.6. The lowest BCUT2D eigenvalue weighted by Crippen LogP contribution is -2.27. The van der Waals surface area contributed by atoms with Crippen LogP contribution in [0.5, 0.6) is 11.5 Å². The Labute approximate surface area is 197 Å². The molecule has 0 saturated heterocycles. The molecule has 33 heavy (non-hydrogen) atoms. The maximum Gasteiger partial charge on any atom is 0.261 e. The molecule has 2 N–H and O–H groups in total. The van der Waals surface area contributed by atoms with E-state index in [0.717, 1.165) is 12.8 Å². The molecule has 168 valence electrons. The second kappa shape index (κ2) is 9.53. The third-order valence-electron chi connectivity index (χ3n) is 5.11. The SMILES string of the molecule is N#Cc1c(Cl)cccc1Oc1ccc(S(=O)(=O)Nc2ccccc2C(=O)NCC2CC2)cc1. The number of carbonyl (C=O) groups excluding carboxylic acids is 1. The van der Waals surface area contributed by atoms with E-state index in [2.05, 4.69) is 10.0 Å². The zero-order valence-electron chi connectivity index (χ0n) is 17.4. The van der Waals surface area contributed by atoms with Gasteiger partial charge in [-0.05, 0) is 67.3 Å². The van der Waals surface area contributed by atoms with Crippen molar-refractivity contribution in [3.05, 3.63) is 82.9 Å². The maximum absolute atomic E-state index is 12.9. The number of carbonyl (C=O) groups is 1. The van der Waals surface area contributed by atoms with Gasteiger partial charge in [0, 0.05) is 6.54 Å². The highest BCUT2D eigenvalue weighted by Crippen LogP contribution is 2.31. The molecule has 1 saturated carbocycles. The highest BCUT2D eigenvalue weighted by atomic mass is 35.5. The van der Waals surface area contributed by atoms with E-state index in [4.69, 9.17) is 16.3 Å². The van der Waals surface area contributed by atoms with Crippen LogP contribution in [0.2, 0.25) is 5.02 Å². The summed E-state index contributed by atoms with van der Waals surface area (Å²) in [6.45, 7) is 0.585. The molecule has 0 radical (unpaired) electrons. The number of nitrogens with zero attached hydrogens (tertiary/aromatic N) is 1. The van der Waals surface area contributed by atoms with Crippen LogP contribution < -0.4 is 14.8 Å². The lowest BCUT2D eigenvalue weighted by atomic mass is 10.1. The molecule has 1 aliphatic rings. The van der Waals surface area contributed by atoms with Crippen molar-refractivity contribution >= 4 is 33.2 Å². The molecule has 9 heteroatoms. The summed E-state index contributed by atoms with van der Waals surface area (Å²) >= 11 is 6.01. The topological polar surface area (TPSA) is 108 Å². The molecule has 4 rings (SSSR count). The first-order valence-corrected chi connectivity index (χ1v) is 12.1. The van der Waals surface area contributed by atoms with Gasteiger partial charge in [-0.1, -0.05) is 29.8 Å². The Hall–Kier alpha value is -3.54. The fourth-order valence-corrected chi connectivity index (χ4v) is 4.43. The number of hydrogen-bond donors (Lipinski definition) is 2. The number of nitrogens with one attached hydrogen (secondary N) is 2. The third-order valence-corrected chi connectivity index (χ3v) is 6.81. The Morgan fingerprint density at radius 2 is 1.79 bits per heavy atom. The number of sulfonamides is 1. The summed E-state index contributed by atoms with van der Waals surface area (Å²) in [5, 5.41) is 12.4. The molecule has 0 aromatic heterocycles. The third kappa shape index (κ3) is 5.45. The number of benzene rings is 3. The maximum atomic E-state index is 12.9. The van der Waals surface area contributed by atoms with Crippen molar-refractivity contribution in [1.82, 2.24) is 5.32 Å². The molecule has 0 heterocycles. The summed E-state index contributed by atoms with van der Waals surface area (Å²) in [4.78, 5) is 12.5. The van der Waals surface area contributed by atoms with Crippen molar-refractivity contribution in [2.75, 3.05) is 11.3 Å². The minimum atomic E-state index is -3.96. The van der Waals surface area contributed by atoms with Gasteiger partial charge >= 0.3 is 0 Å². The normalized spacial score (nSPS) is 13.1. The van der Waals surface area contributed by atoms with E-state index in [9.17, 15) is 18.5 Å². The Bertz CT molecular complexity index is 1330. The average molecular weight is 482 g/mol. The molecular formula is C24H20ClN3O4S. The molecule has 0 unspecified atom stereocenters. The van der Waals surface area contributed by atoms with Crippen LogP contribution in [0.4, 0.5) is 5.69 Å². The Balaban J connectivity index is 1.50. The number of anilines is 1. The zero-order valence-corrected chi connectivity index (χ0v) is 19.0. The van der Waals surface area contributed by atoms with Gasteiger partial charge in [0.2, 0.25) is 0 Å². The zero-order chi connectivity index (χ0) is 23.4. The second-order valence-electron chi connectivity index (χ2n) is 7.60. The van der Waals surface area contributed by atoms with Crippen molar-refractivity contribution < 1.29 is 17.9 Å². The Morgan fingerprint density at radius 3 is 2.48 bits per heavy atom. The molecule has 1 aliphatic carbocycles. The molecule has 1 amide bonds. The minimum absolute atomic E-state index is 0.00496. The van der Waals surface area contributed by atoms with Gasteiger partial charge < -0.3 is 10.1 Å². The summed E-state index contributed by atoms with van der Waals surface area (Å²) in [6, 6.07) is 19.0. The predicted molar refractivity (Wildman–Crippen MR) is 125 cm³/mol. The second-order valence-corrected chi connectivity index (χ2v) is 9.69. The van der Waals surface area contributed by atoms with Crippen molar-refractivity contribution in [3.8, 4) is 17.6 Å². The quantitative estimate of drug-likeness (QED) is 0.473. The fraction of sp³-hybridized carbons (Fsp3) is 0.167. The van der Waals surface area contributed by atoms with Gasteiger partial charge in [-0.2, -0.15) is 5.26 Å². The Kier molecular flexibility index (Phi) is 6.54. The van der Waals surface area contributed by atoms with Crippen LogP contribution >= 0.6 is 11.6 Å². The molecule has 7 nitrogen and oxygen atoms in total. The van der Waals surface area contributed by atoms with Gasteiger partial charge in [-0.25, -0.2) is 8.42 Å². The van der Waals surface area contributed by atoms with E-state index in [1.165, 1.54) is 24.3 Å². The number of ether oxygens (including phenoxy) is 1. The smallest absolute Gasteiger partial charge is 0.261 e. The van der Waals surface area contributed by atoms with Crippen LogP contribution in [0.3, 0.4) is 0 Å². The predicted octanol–water partition coefficient (Wildman–Crippen LogP) is 4.94. The molecule has 3 aromatic carbocycles. The molecule has 3 aromatic rings. The van der Waals surface area contributed by atoms with Crippen molar-refractivity contribution in [2.24, 2.45) is 5.92 Å². The largest absolute Gasteiger partial charge is 0.456 e. The van der Waals surface area contributed by atoms with Gasteiger partial charge in [0.25, 0.3) is 15.9 Å². The van der Waals surface area contributed by atoms with Crippen molar-refractivity contribution in [2.45, 2.75) is 17.7 Å². The summed E-state index contributed by atoms with van der Waals surface area (Å²) in [5.41, 5.74) is 0.643. The number of nitriles is 1. The van der Waals surface area contributed by atoms with E-state index >= 15 is 0 Å². The number of hydrogen-bond acceptors (Lipinski definition) is 5. The first-order valence-electron chi connectivity index (χ1n) is 10.2. The van der Waals surface area contributed by atoms with Crippen LogP contribution in [0, 0.1) is 17.2 Å². The lowest BCUT2D eigenvalue weighted by molar-refractivity contribution is 0.0952. The first-order chi connectivity index (χ1) is 15.9. The highest BCUT2D eigenvalue weighted by Gasteiger charge is 2.23. The van der Waals surface area contributed by atoms with Gasteiger partial charge in [0.15, 0.2) is 0 Å². The summed E-state index contributed by atoms with van der Waals surface area (Å²) in [6.07, 6.45) is 2.20. The standard InChI is InChI=1S/C24H20ClN3O4S/c25-21-5-3-7-23(20(21)14-26)32-17-10-12-18(13-11-17)33(30,31)28-22-6-2-1-4-19(22)24(29)27-15-16-8-9-16/h1-7,10-13,16,28H,8-9,15H2,(H,27,29). The van der Waals surface area contributed by atoms with E-state index in [1.54, 1.807) is 42.5 Å². The Morgan fingerprint density at radius 1 is 1.06 bits per heavy atom. The van der Waals surface area contributed by atoms with Crippen LogP contribution in [0.1, 0.15) is 28.8 Å². The lowest BCUT2D eigenvalue weighted by Gasteiger charge is -2.13. The number of amides is 1. The van der Waals surface area contributed by atoms with Crippen LogP contribution in [0.25, 0.3) is 0 Å². The summed E-state index contributed by atoms with van der Waals surface area (Å²) in [5.74, 6) is 0.797. The monoisotopic (exact) mass is 481 g/mol. The van der Waals surface area contributed by atoms with Crippen LogP contribution in [-0.4, -0.2) is 20.9 Å². The highest BCUT2D eigenvalue weighted by molar-refractivity contribution is 7.92. The van der Waals surface area contributed by atoms with Gasteiger partial charge in [-0.3, -0.25) is 9.52 Å². The number of halogens is 1. The van der Waals surface area contributed by atoms with Crippen LogP contribution in [0.15, 0.2) is 71.6 Å². The molecule has 0 aliphatic heterocycles. The molecule has 1 fully saturated rings. The van der Waals surface area contributed by atoms with E-state index in [-0.39, 0.29) is 38.4 Å². The van der Waals surface area contributed by atoms with Crippen molar-refractivity contribution in [3.63, 3.8) is 0 Å². The summed E-state index contributed by atoms with van der Waals surface area (Å²) in [7, 11) is -3.96. The van der Waals surface area contributed by atoms with Crippen molar-refractivity contribution in [1.29, 1.82) is 5.26 Å².